The van der Waals surface area contributed by atoms with Crippen LogP contribution in [-0.2, 0) is 9.53 Å². The summed E-state index contributed by atoms with van der Waals surface area (Å²) in [5, 5.41) is 17.7. The van der Waals surface area contributed by atoms with Crippen molar-refractivity contribution in [3.63, 3.8) is 0 Å². The number of nitrogens with zero attached hydrogens (tertiary/aromatic N) is 3. The zero-order valence-corrected chi connectivity index (χ0v) is 17.2. The molecule has 30 heavy (non-hydrogen) atoms. The van der Waals surface area contributed by atoms with Gasteiger partial charge in [-0.1, -0.05) is 24.3 Å². The molecule has 1 aliphatic heterocycles. The lowest BCUT2D eigenvalue weighted by Crippen LogP contribution is -2.25. The highest BCUT2D eigenvalue weighted by Gasteiger charge is 2.22. The molecule has 0 atom stereocenters. The number of hydrogen-bond acceptors (Lipinski definition) is 5. The molecule has 0 amide bonds. The second-order valence-corrected chi connectivity index (χ2v) is 7.19. The van der Waals surface area contributed by atoms with E-state index in [0.717, 1.165) is 22.4 Å². The Morgan fingerprint density at radius 1 is 0.967 bits per heavy atom. The van der Waals surface area contributed by atoms with E-state index in [1.165, 1.54) is 5.56 Å². The summed E-state index contributed by atoms with van der Waals surface area (Å²) in [5.41, 5.74) is 5.55. The number of cyclic esters (lactones) is 1. The van der Waals surface area contributed by atoms with E-state index >= 15 is 0 Å². The van der Waals surface area contributed by atoms with E-state index in [9.17, 15) is 4.79 Å². The fourth-order valence-electron chi connectivity index (χ4n) is 3.23. The van der Waals surface area contributed by atoms with Crippen molar-refractivity contribution >= 4 is 23.5 Å². The maximum atomic E-state index is 12.3. The fourth-order valence-corrected chi connectivity index (χ4v) is 3.23. The molecule has 150 valence electrons. The highest BCUT2D eigenvalue weighted by molar-refractivity contribution is 6.05. The van der Waals surface area contributed by atoms with E-state index in [0.29, 0.717) is 37.3 Å². The molecule has 5 nitrogen and oxygen atoms in total. The van der Waals surface area contributed by atoms with Gasteiger partial charge < -0.3 is 9.64 Å². The molecule has 0 radical (unpaired) electrons. The smallest absolute Gasteiger partial charge is 0.343 e. The molecule has 0 aliphatic carbocycles. The van der Waals surface area contributed by atoms with Crippen molar-refractivity contribution in [2.24, 2.45) is 0 Å². The van der Waals surface area contributed by atoms with E-state index in [1.807, 2.05) is 61.2 Å². The molecule has 2 aromatic carbocycles. The van der Waals surface area contributed by atoms with Crippen LogP contribution in [0, 0.1) is 36.5 Å². The summed E-state index contributed by atoms with van der Waals surface area (Å²) >= 11 is 0. The lowest BCUT2D eigenvalue weighted by molar-refractivity contribution is -0.130. The summed E-state index contributed by atoms with van der Waals surface area (Å²) in [5.74, 6) is 0.196. The Morgan fingerprint density at radius 3 is 2.23 bits per heavy atom. The van der Waals surface area contributed by atoms with Crippen LogP contribution < -0.4 is 4.90 Å². The maximum Gasteiger partial charge on any atom is 0.343 e. The van der Waals surface area contributed by atoms with E-state index < -0.39 is 0 Å². The van der Waals surface area contributed by atoms with Gasteiger partial charge in [-0.2, -0.15) is 10.5 Å². The zero-order chi connectivity index (χ0) is 21.5. The molecule has 0 N–H and O–H groups in total. The highest BCUT2D eigenvalue weighted by atomic mass is 16.5. The predicted molar refractivity (Wildman–Crippen MR) is 117 cm³/mol. The largest absolute Gasteiger partial charge is 0.422 e. The van der Waals surface area contributed by atoms with Crippen LogP contribution in [0.1, 0.15) is 35.1 Å². The Balaban J connectivity index is 1.79. The first-order chi connectivity index (χ1) is 14.5. The monoisotopic (exact) mass is 397 g/mol. The van der Waals surface area contributed by atoms with Gasteiger partial charge in [0.1, 0.15) is 5.76 Å². The van der Waals surface area contributed by atoms with Crippen LogP contribution in [0.4, 0.5) is 5.69 Å². The summed E-state index contributed by atoms with van der Waals surface area (Å²) < 4.78 is 5.46. The van der Waals surface area contributed by atoms with Gasteiger partial charge in [0.05, 0.1) is 30.6 Å². The minimum atomic E-state index is -0.364. The van der Waals surface area contributed by atoms with E-state index in [2.05, 4.69) is 12.1 Å². The molecule has 0 fully saturated rings. The predicted octanol–water partition coefficient (Wildman–Crippen LogP) is 4.92. The van der Waals surface area contributed by atoms with Crippen LogP contribution in [0.15, 0.2) is 54.1 Å². The van der Waals surface area contributed by atoms with Gasteiger partial charge in [0.15, 0.2) is 0 Å². The van der Waals surface area contributed by atoms with Gasteiger partial charge in [0.25, 0.3) is 0 Å². The Bertz CT molecular complexity index is 1060. The Morgan fingerprint density at radius 2 is 1.63 bits per heavy atom. The van der Waals surface area contributed by atoms with Crippen LogP contribution in [0.2, 0.25) is 0 Å². The molecular formula is C25H23N3O2. The van der Waals surface area contributed by atoms with Crippen LogP contribution >= 0.6 is 0 Å². The summed E-state index contributed by atoms with van der Waals surface area (Å²) in [7, 11) is 0. The average Bonchev–Trinajstić information content (AvgIpc) is 3.11. The van der Waals surface area contributed by atoms with Crippen LogP contribution in [0.25, 0.3) is 11.8 Å². The quantitative estimate of drug-likeness (QED) is 0.490. The first-order valence-electron chi connectivity index (χ1n) is 9.84. The van der Waals surface area contributed by atoms with Crippen molar-refractivity contribution in [3.8, 4) is 12.1 Å². The van der Waals surface area contributed by atoms with Crippen LogP contribution in [-0.4, -0.2) is 19.1 Å². The number of aryl methyl sites for hydroxylation is 2. The minimum absolute atomic E-state index is 0.364. The van der Waals surface area contributed by atoms with E-state index in [4.69, 9.17) is 15.3 Å². The summed E-state index contributed by atoms with van der Waals surface area (Å²) in [4.78, 5) is 14.3. The average molecular weight is 397 g/mol. The maximum absolute atomic E-state index is 12.3. The van der Waals surface area contributed by atoms with Gasteiger partial charge in [0, 0.05) is 24.3 Å². The van der Waals surface area contributed by atoms with Gasteiger partial charge in [0.2, 0.25) is 0 Å². The molecule has 0 aromatic heterocycles. The van der Waals surface area contributed by atoms with Gasteiger partial charge in [-0.3, -0.25) is 0 Å². The molecule has 0 saturated heterocycles. The molecule has 5 heteroatoms. The van der Waals surface area contributed by atoms with Gasteiger partial charge in [-0.15, -0.1) is 0 Å². The lowest BCUT2D eigenvalue weighted by Gasteiger charge is -2.22. The summed E-state index contributed by atoms with van der Waals surface area (Å²) in [6.45, 7) is 5.23. The molecular weight excluding hydrogens is 374 g/mol. The normalized spacial score (nSPS) is 14.1. The number of carbonyl (C=O) groups excluding carboxylic acids is 1. The van der Waals surface area contributed by atoms with Crippen LogP contribution in [0.5, 0.6) is 0 Å². The van der Waals surface area contributed by atoms with E-state index in [1.54, 1.807) is 12.2 Å². The van der Waals surface area contributed by atoms with Gasteiger partial charge in [-0.25, -0.2) is 4.79 Å². The summed E-state index contributed by atoms with van der Waals surface area (Å²) in [6, 6.07) is 18.0. The molecule has 3 rings (SSSR count). The number of esters is 1. The van der Waals surface area contributed by atoms with Crippen LogP contribution in [0.3, 0.4) is 0 Å². The summed E-state index contributed by atoms with van der Waals surface area (Å²) in [6.07, 6.45) is 4.37. The number of ether oxygens (including phenoxy) is 1. The van der Waals surface area contributed by atoms with E-state index in [-0.39, 0.29) is 5.97 Å². The molecule has 1 aliphatic rings. The van der Waals surface area contributed by atoms with Crippen molar-refractivity contribution in [2.75, 3.05) is 18.0 Å². The van der Waals surface area contributed by atoms with Crippen molar-refractivity contribution in [1.82, 2.24) is 0 Å². The van der Waals surface area contributed by atoms with Gasteiger partial charge >= 0.3 is 5.97 Å². The number of anilines is 1. The van der Waals surface area contributed by atoms with Crippen molar-refractivity contribution in [2.45, 2.75) is 26.7 Å². The number of hydrogen-bond donors (Lipinski definition) is 0. The third-order valence-corrected chi connectivity index (χ3v) is 5.08. The van der Waals surface area contributed by atoms with Gasteiger partial charge in [-0.05, 0) is 60.9 Å². The highest BCUT2D eigenvalue weighted by Crippen LogP contribution is 2.29. The Hall–Kier alpha value is -3.83. The third kappa shape index (κ3) is 4.96. The number of carbonyl (C=O) groups is 1. The molecule has 0 saturated carbocycles. The molecule has 0 unspecified atom stereocenters. The Labute approximate surface area is 177 Å². The SMILES string of the molecule is Cc1ccc(C2=C/C(=C/c3ccc(N(CCC#N)CCC#N)cc3)C(=O)O2)cc1C. The fraction of sp³-hybridized carbons (Fsp3) is 0.240. The zero-order valence-electron chi connectivity index (χ0n) is 17.2. The van der Waals surface area contributed by atoms with Crippen molar-refractivity contribution in [3.05, 3.63) is 76.4 Å². The standard InChI is InChI=1S/C25H23N3O2/c1-18-5-8-21(15-19(18)2)24-17-22(25(29)30-24)16-20-6-9-23(10-7-20)28(13-3-11-26)14-4-12-27/h5-10,15-17H,3-4,13-14H2,1-2H3/b22-16-. The molecule has 2 aromatic rings. The second-order valence-electron chi connectivity index (χ2n) is 7.19. The molecule has 0 spiro atoms. The number of nitriles is 2. The number of rotatable bonds is 7. The molecule has 1 heterocycles. The topological polar surface area (TPSA) is 77.1 Å². The van der Waals surface area contributed by atoms with Crippen molar-refractivity contribution < 1.29 is 9.53 Å². The van der Waals surface area contributed by atoms with Crippen molar-refractivity contribution in [1.29, 1.82) is 10.5 Å². The second kappa shape index (κ2) is 9.58. The first kappa shape index (κ1) is 20.9. The lowest BCUT2D eigenvalue weighted by atomic mass is 10.0. The Kier molecular flexibility index (Phi) is 6.67. The third-order valence-electron chi connectivity index (χ3n) is 5.08. The minimum Gasteiger partial charge on any atom is -0.422 e. The molecule has 0 bridgehead atoms. The first-order valence-corrected chi connectivity index (χ1v) is 9.84. The number of benzene rings is 2.